The van der Waals surface area contributed by atoms with E-state index >= 15 is 0 Å². The molecule has 0 radical (unpaired) electrons. The number of nitrogens with zero attached hydrogens (tertiary/aromatic N) is 1. The fourth-order valence-electron chi connectivity index (χ4n) is 2.18. The van der Waals surface area contributed by atoms with Crippen molar-refractivity contribution >= 4 is 0 Å². The molecule has 0 amide bonds. The molecule has 16 heavy (non-hydrogen) atoms. The lowest BCUT2D eigenvalue weighted by molar-refractivity contribution is 0.256. The first-order valence-electron chi connectivity index (χ1n) is 6.56. The van der Waals surface area contributed by atoms with Gasteiger partial charge in [0.2, 0.25) is 0 Å². The number of nitrogens with one attached hydrogen (secondary N) is 1. The molecule has 0 saturated heterocycles. The first-order chi connectivity index (χ1) is 7.47. The third kappa shape index (κ3) is 6.29. The molecule has 1 unspecified atom stereocenters. The first-order valence-corrected chi connectivity index (χ1v) is 6.56. The highest BCUT2D eigenvalue weighted by molar-refractivity contribution is 4.90. The van der Waals surface area contributed by atoms with Crippen LogP contribution in [0.1, 0.15) is 40.0 Å². The van der Waals surface area contributed by atoms with E-state index in [1.807, 2.05) is 0 Å². The Morgan fingerprint density at radius 3 is 2.62 bits per heavy atom. The van der Waals surface area contributed by atoms with E-state index in [-0.39, 0.29) is 5.54 Å². The Bertz CT molecular complexity index is 215. The van der Waals surface area contributed by atoms with Gasteiger partial charge in [-0.15, -0.1) is 0 Å². The van der Waals surface area contributed by atoms with E-state index in [0.717, 1.165) is 19.0 Å². The number of hydrogen-bond donors (Lipinski definition) is 1. The molecule has 0 fully saturated rings. The van der Waals surface area contributed by atoms with Crippen LogP contribution in [0.4, 0.5) is 0 Å². The van der Waals surface area contributed by atoms with Crippen molar-refractivity contribution in [3.05, 3.63) is 12.2 Å². The van der Waals surface area contributed by atoms with E-state index in [2.05, 4.69) is 50.2 Å². The highest BCUT2D eigenvalue weighted by Crippen LogP contribution is 2.18. The number of hydrogen-bond acceptors (Lipinski definition) is 2. The summed E-state index contributed by atoms with van der Waals surface area (Å²) >= 11 is 0. The summed E-state index contributed by atoms with van der Waals surface area (Å²) in [4.78, 5) is 2.46. The summed E-state index contributed by atoms with van der Waals surface area (Å²) in [7, 11) is 2.24. The lowest BCUT2D eigenvalue weighted by atomic mass is 9.94. The molecule has 0 spiro atoms. The van der Waals surface area contributed by atoms with Crippen molar-refractivity contribution < 1.29 is 0 Å². The zero-order valence-electron chi connectivity index (χ0n) is 11.4. The van der Waals surface area contributed by atoms with E-state index in [0.29, 0.717) is 0 Å². The van der Waals surface area contributed by atoms with Gasteiger partial charge in [-0.2, -0.15) is 0 Å². The quantitative estimate of drug-likeness (QED) is 0.722. The molecule has 2 nitrogen and oxygen atoms in total. The molecule has 0 heterocycles. The molecular formula is C14H28N2. The topological polar surface area (TPSA) is 15.3 Å². The normalized spacial score (nSPS) is 21.7. The standard InChI is InChI=1S/C14H28N2/c1-14(2,3)15-10-11-16(4)12-13-8-6-5-7-9-13/h5-6,13,15H,7-12H2,1-4H3. The summed E-state index contributed by atoms with van der Waals surface area (Å²) in [6, 6.07) is 0. The van der Waals surface area contributed by atoms with Gasteiger partial charge in [0.1, 0.15) is 0 Å². The maximum atomic E-state index is 3.53. The third-order valence-electron chi connectivity index (χ3n) is 3.10. The SMILES string of the molecule is CN(CCNC(C)(C)C)CC1CC=CCC1. The van der Waals surface area contributed by atoms with Crippen LogP contribution in [0, 0.1) is 5.92 Å². The smallest absolute Gasteiger partial charge is 0.0104 e. The van der Waals surface area contributed by atoms with Gasteiger partial charge < -0.3 is 10.2 Å². The molecule has 1 atom stereocenters. The summed E-state index contributed by atoms with van der Waals surface area (Å²) in [5.74, 6) is 0.879. The number of rotatable bonds is 5. The van der Waals surface area contributed by atoms with E-state index < -0.39 is 0 Å². The van der Waals surface area contributed by atoms with Crippen LogP contribution in [-0.4, -0.2) is 37.1 Å². The average molecular weight is 224 g/mol. The van der Waals surface area contributed by atoms with Gasteiger partial charge >= 0.3 is 0 Å². The number of likely N-dealkylation sites (N-methyl/N-ethyl adjacent to an activating group) is 1. The minimum absolute atomic E-state index is 0.244. The molecule has 1 aliphatic carbocycles. The monoisotopic (exact) mass is 224 g/mol. The average Bonchev–Trinajstić information content (AvgIpc) is 2.17. The highest BCUT2D eigenvalue weighted by Gasteiger charge is 2.13. The summed E-state index contributed by atoms with van der Waals surface area (Å²) in [5.41, 5.74) is 0.244. The molecule has 94 valence electrons. The zero-order chi connectivity index (χ0) is 12.0. The minimum atomic E-state index is 0.244. The largest absolute Gasteiger partial charge is 0.311 e. The Morgan fingerprint density at radius 1 is 1.31 bits per heavy atom. The molecular weight excluding hydrogens is 196 g/mol. The van der Waals surface area contributed by atoms with Gasteiger partial charge in [0.15, 0.2) is 0 Å². The molecule has 1 aliphatic rings. The van der Waals surface area contributed by atoms with Crippen molar-refractivity contribution in [1.29, 1.82) is 0 Å². The molecule has 1 rings (SSSR count). The van der Waals surface area contributed by atoms with E-state index in [4.69, 9.17) is 0 Å². The summed E-state index contributed by atoms with van der Waals surface area (Å²) in [6.45, 7) is 10.1. The van der Waals surface area contributed by atoms with Gasteiger partial charge in [-0.1, -0.05) is 12.2 Å². The lowest BCUT2D eigenvalue weighted by Crippen LogP contribution is -2.41. The van der Waals surface area contributed by atoms with Crippen molar-refractivity contribution in [2.45, 2.75) is 45.6 Å². The van der Waals surface area contributed by atoms with Crippen LogP contribution in [-0.2, 0) is 0 Å². The second-order valence-electron chi connectivity index (χ2n) is 6.09. The van der Waals surface area contributed by atoms with E-state index in [1.54, 1.807) is 0 Å². The van der Waals surface area contributed by atoms with Crippen molar-refractivity contribution in [2.24, 2.45) is 5.92 Å². The minimum Gasteiger partial charge on any atom is -0.311 e. The Kier molecular flexibility index (Phi) is 5.50. The van der Waals surface area contributed by atoms with Crippen LogP contribution in [0.25, 0.3) is 0 Å². The second-order valence-corrected chi connectivity index (χ2v) is 6.09. The third-order valence-corrected chi connectivity index (χ3v) is 3.10. The van der Waals surface area contributed by atoms with Gasteiger partial charge in [-0.05, 0) is 53.0 Å². The Labute approximate surface area is 101 Å². The van der Waals surface area contributed by atoms with Gasteiger partial charge in [0, 0.05) is 25.2 Å². The van der Waals surface area contributed by atoms with Crippen LogP contribution in [0.3, 0.4) is 0 Å². The second kappa shape index (κ2) is 6.41. The summed E-state index contributed by atoms with van der Waals surface area (Å²) in [6.07, 6.45) is 8.58. The predicted molar refractivity (Wildman–Crippen MR) is 71.7 cm³/mol. The van der Waals surface area contributed by atoms with Crippen LogP contribution in [0.15, 0.2) is 12.2 Å². The molecule has 0 aliphatic heterocycles. The summed E-state index contributed by atoms with van der Waals surface area (Å²) in [5, 5.41) is 3.53. The molecule has 0 bridgehead atoms. The molecule has 1 N–H and O–H groups in total. The van der Waals surface area contributed by atoms with Gasteiger partial charge in [0.05, 0.1) is 0 Å². The van der Waals surface area contributed by atoms with Crippen molar-refractivity contribution in [3.63, 3.8) is 0 Å². The van der Waals surface area contributed by atoms with Crippen molar-refractivity contribution in [3.8, 4) is 0 Å². The molecule has 0 aromatic carbocycles. The maximum Gasteiger partial charge on any atom is 0.0104 e. The van der Waals surface area contributed by atoms with Crippen molar-refractivity contribution in [1.82, 2.24) is 10.2 Å². The van der Waals surface area contributed by atoms with Crippen LogP contribution < -0.4 is 5.32 Å². The Balaban J connectivity index is 2.10. The molecule has 0 aromatic heterocycles. The molecule has 0 aromatic rings. The Morgan fingerprint density at radius 2 is 2.06 bits per heavy atom. The molecule has 0 saturated carbocycles. The van der Waals surface area contributed by atoms with Crippen LogP contribution >= 0.6 is 0 Å². The lowest BCUT2D eigenvalue weighted by Gasteiger charge is -2.27. The fourth-order valence-corrected chi connectivity index (χ4v) is 2.18. The number of allylic oxidation sites excluding steroid dienone is 2. The Hall–Kier alpha value is -0.340. The highest BCUT2D eigenvalue weighted by atomic mass is 15.1. The first kappa shape index (κ1) is 13.7. The molecule has 2 heteroatoms. The van der Waals surface area contributed by atoms with E-state index in [9.17, 15) is 0 Å². The predicted octanol–water partition coefficient (Wildman–Crippen LogP) is 2.66. The zero-order valence-corrected chi connectivity index (χ0v) is 11.4. The maximum absolute atomic E-state index is 3.53. The van der Waals surface area contributed by atoms with Crippen LogP contribution in [0.5, 0.6) is 0 Å². The van der Waals surface area contributed by atoms with Gasteiger partial charge in [-0.25, -0.2) is 0 Å². The van der Waals surface area contributed by atoms with Crippen LogP contribution in [0.2, 0.25) is 0 Å². The van der Waals surface area contributed by atoms with Gasteiger partial charge in [-0.3, -0.25) is 0 Å². The van der Waals surface area contributed by atoms with Gasteiger partial charge in [0.25, 0.3) is 0 Å². The summed E-state index contributed by atoms with van der Waals surface area (Å²) < 4.78 is 0. The van der Waals surface area contributed by atoms with E-state index in [1.165, 1.54) is 25.8 Å². The fraction of sp³-hybridized carbons (Fsp3) is 0.857. The van der Waals surface area contributed by atoms with Crippen molar-refractivity contribution in [2.75, 3.05) is 26.7 Å².